The van der Waals surface area contributed by atoms with E-state index in [4.69, 9.17) is 9.47 Å². The number of hydrogen-bond donors (Lipinski definition) is 0. The summed E-state index contributed by atoms with van der Waals surface area (Å²) in [4.78, 5) is 15.2. The summed E-state index contributed by atoms with van der Waals surface area (Å²) in [7, 11) is 0. The third-order valence-corrected chi connectivity index (χ3v) is 1.58. The van der Waals surface area contributed by atoms with Crippen LogP contribution in [0.1, 0.15) is 31.1 Å². The van der Waals surface area contributed by atoms with E-state index in [0.29, 0.717) is 5.56 Å². The van der Waals surface area contributed by atoms with Gasteiger partial charge in [0.2, 0.25) is 0 Å². The molecule has 0 spiro atoms. The molecule has 1 aromatic heterocycles. The van der Waals surface area contributed by atoms with Gasteiger partial charge in [0.1, 0.15) is 0 Å². The van der Waals surface area contributed by atoms with Crippen molar-refractivity contribution in [2.24, 2.45) is 0 Å². The monoisotopic (exact) mass is 209 g/mol. The lowest BCUT2D eigenvalue weighted by atomic mass is 10.2. The van der Waals surface area contributed by atoms with Gasteiger partial charge in [0.15, 0.2) is 6.79 Å². The lowest BCUT2D eigenvalue weighted by Crippen LogP contribution is -2.22. The number of carbonyl (C=O) groups excluding carboxylic acids is 1. The molecule has 0 unspecified atom stereocenters. The van der Waals surface area contributed by atoms with Crippen LogP contribution in [0.4, 0.5) is 0 Å². The van der Waals surface area contributed by atoms with E-state index < -0.39 is 5.97 Å². The maximum Gasteiger partial charge on any atom is 0.341 e. The van der Waals surface area contributed by atoms with Gasteiger partial charge in [0.05, 0.1) is 11.2 Å². The number of ether oxygens (including phenoxy) is 2. The van der Waals surface area contributed by atoms with Crippen LogP contribution in [0.15, 0.2) is 24.5 Å². The molecule has 0 aliphatic rings. The zero-order valence-electron chi connectivity index (χ0n) is 9.19. The second kappa shape index (κ2) is 4.89. The van der Waals surface area contributed by atoms with Crippen molar-refractivity contribution in [1.82, 2.24) is 4.98 Å². The number of rotatable bonds is 3. The number of nitrogens with zero attached hydrogens (tertiary/aromatic N) is 1. The molecule has 82 valence electrons. The molecule has 0 saturated carbocycles. The van der Waals surface area contributed by atoms with E-state index in [9.17, 15) is 4.79 Å². The molecule has 1 heterocycles. The molecule has 0 aliphatic heterocycles. The quantitative estimate of drug-likeness (QED) is 0.564. The smallest absolute Gasteiger partial charge is 0.341 e. The van der Waals surface area contributed by atoms with Gasteiger partial charge < -0.3 is 9.47 Å². The molecule has 0 N–H and O–H groups in total. The molecule has 4 heteroatoms. The molecule has 0 atom stereocenters. The molecule has 1 aromatic rings. The average molecular weight is 209 g/mol. The first kappa shape index (κ1) is 11.7. The van der Waals surface area contributed by atoms with Crippen molar-refractivity contribution in [3.05, 3.63) is 30.1 Å². The van der Waals surface area contributed by atoms with Crippen LogP contribution in [0, 0.1) is 0 Å². The molecule has 0 saturated heterocycles. The Morgan fingerprint density at radius 2 is 2.20 bits per heavy atom. The van der Waals surface area contributed by atoms with Gasteiger partial charge in [-0.3, -0.25) is 4.98 Å². The minimum Gasteiger partial charge on any atom is -0.435 e. The zero-order chi connectivity index (χ0) is 11.3. The number of pyridine rings is 1. The number of carbonyl (C=O) groups is 1. The van der Waals surface area contributed by atoms with Crippen LogP contribution in [-0.2, 0) is 9.47 Å². The van der Waals surface area contributed by atoms with Gasteiger partial charge in [-0.25, -0.2) is 4.79 Å². The van der Waals surface area contributed by atoms with E-state index in [0.717, 1.165) is 0 Å². The lowest BCUT2D eigenvalue weighted by Gasteiger charge is -2.18. The molecule has 15 heavy (non-hydrogen) atoms. The average Bonchev–Trinajstić information content (AvgIpc) is 2.17. The maximum atomic E-state index is 11.4. The molecule has 0 bridgehead atoms. The highest BCUT2D eigenvalue weighted by Gasteiger charge is 2.12. The summed E-state index contributed by atoms with van der Waals surface area (Å²) in [6.45, 7) is 5.64. The summed E-state index contributed by atoms with van der Waals surface area (Å²) in [6, 6.07) is 3.33. The second-order valence-corrected chi connectivity index (χ2v) is 4.05. The highest BCUT2D eigenvalue weighted by atomic mass is 16.7. The van der Waals surface area contributed by atoms with Crippen LogP contribution in [0.3, 0.4) is 0 Å². The first-order valence-corrected chi connectivity index (χ1v) is 4.70. The van der Waals surface area contributed by atoms with E-state index in [1.54, 1.807) is 18.3 Å². The second-order valence-electron chi connectivity index (χ2n) is 4.05. The van der Waals surface area contributed by atoms with Crippen LogP contribution >= 0.6 is 0 Å². The Kier molecular flexibility index (Phi) is 3.80. The highest BCUT2D eigenvalue weighted by molar-refractivity contribution is 5.88. The predicted molar refractivity (Wildman–Crippen MR) is 55.4 cm³/mol. The van der Waals surface area contributed by atoms with Crippen LogP contribution in [-0.4, -0.2) is 23.3 Å². The summed E-state index contributed by atoms with van der Waals surface area (Å²) < 4.78 is 10.2. The fraction of sp³-hybridized carbons (Fsp3) is 0.455. The molecular formula is C11H15NO3. The van der Waals surface area contributed by atoms with Crippen LogP contribution < -0.4 is 0 Å². The van der Waals surface area contributed by atoms with E-state index >= 15 is 0 Å². The molecular weight excluding hydrogens is 194 g/mol. The van der Waals surface area contributed by atoms with Gasteiger partial charge >= 0.3 is 5.97 Å². The summed E-state index contributed by atoms with van der Waals surface area (Å²) >= 11 is 0. The van der Waals surface area contributed by atoms with Crippen LogP contribution in [0.2, 0.25) is 0 Å². The van der Waals surface area contributed by atoms with E-state index in [2.05, 4.69) is 4.98 Å². The fourth-order valence-corrected chi connectivity index (χ4v) is 0.827. The standard InChI is InChI=1S/C11H15NO3/c1-11(2,3)15-8-14-10(13)9-5-4-6-12-7-9/h4-7H,8H2,1-3H3. The Morgan fingerprint density at radius 3 is 2.73 bits per heavy atom. The highest BCUT2D eigenvalue weighted by Crippen LogP contribution is 2.07. The van der Waals surface area contributed by atoms with Crippen molar-refractivity contribution in [3.63, 3.8) is 0 Å². The molecule has 4 nitrogen and oxygen atoms in total. The number of esters is 1. The molecule has 0 radical (unpaired) electrons. The summed E-state index contributed by atoms with van der Waals surface area (Å²) in [5.74, 6) is -0.424. The normalized spacial score (nSPS) is 11.1. The molecule has 0 amide bonds. The Morgan fingerprint density at radius 1 is 1.47 bits per heavy atom. The third-order valence-electron chi connectivity index (χ3n) is 1.58. The van der Waals surface area contributed by atoms with E-state index in [1.807, 2.05) is 20.8 Å². The van der Waals surface area contributed by atoms with Crippen LogP contribution in [0.25, 0.3) is 0 Å². The Bertz CT molecular complexity index is 316. The first-order valence-electron chi connectivity index (χ1n) is 4.70. The molecule has 0 aliphatic carbocycles. The van der Waals surface area contributed by atoms with Gasteiger partial charge in [-0.1, -0.05) is 0 Å². The van der Waals surface area contributed by atoms with Gasteiger partial charge in [-0.15, -0.1) is 0 Å². The zero-order valence-corrected chi connectivity index (χ0v) is 9.19. The maximum absolute atomic E-state index is 11.4. The summed E-state index contributed by atoms with van der Waals surface area (Å²) in [5.41, 5.74) is 0.116. The van der Waals surface area contributed by atoms with Crippen molar-refractivity contribution in [1.29, 1.82) is 0 Å². The number of aromatic nitrogens is 1. The summed E-state index contributed by atoms with van der Waals surface area (Å²) in [6.07, 6.45) is 3.06. The summed E-state index contributed by atoms with van der Waals surface area (Å²) in [5, 5.41) is 0. The fourth-order valence-electron chi connectivity index (χ4n) is 0.827. The molecule has 1 rings (SSSR count). The van der Waals surface area contributed by atoms with Crippen LogP contribution in [0.5, 0.6) is 0 Å². The van der Waals surface area contributed by atoms with Gasteiger partial charge in [0.25, 0.3) is 0 Å². The topological polar surface area (TPSA) is 48.4 Å². The van der Waals surface area contributed by atoms with Crippen molar-refractivity contribution < 1.29 is 14.3 Å². The van der Waals surface area contributed by atoms with Crippen molar-refractivity contribution >= 4 is 5.97 Å². The SMILES string of the molecule is CC(C)(C)OCOC(=O)c1cccnc1. The Labute approximate surface area is 89.2 Å². The lowest BCUT2D eigenvalue weighted by molar-refractivity contribution is -0.0965. The predicted octanol–water partition coefficient (Wildman–Crippen LogP) is 2.01. The minimum atomic E-state index is -0.424. The first-order chi connectivity index (χ1) is 6.99. The largest absolute Gasteiger partial charge is 0.435 e. The third kappa shape index (κ3) is 4.56. The molecule has 0 fully saturated rings. The Hall–Kier alpha value is -1.42. The van der Waals surface area contributed by atoms with Crippen molar-refractivity contribution in [2.45, 2.75) is 26.4 Å². The van der Waals surface area contributed by atoms with Gasteiger partial charge in [-0.2, -0.15) is 0 Å². The van der Waals surface area contributed by atoms with E-state index in [-0.39, 0.29) is 12.4 Å². The molecule has 0 aromatic carbocycles. The minimum absolute atomic E-state index is 0.0444. The van der Waals surface area contributed by atoms with Crippen molar-refractivity contribution in [3.8, 4) is 0 Å². The van der Waals surface area contributed by atoms with E-state index in [1.165, 1.54) is 6.20 Å². The Balaban J connectivity index is 2.38. The van der Waals surface area contributed by atoms with Crippen molar-refractivity contribution in [2.75, 3.05) is 6.79 Å². The van der Waals surface area contributed by atoms with Gasteiger partial charge in [-0.05, 0) is 32.9 Å². The van der Waals surface area contributed by atoms with Gasteiger partial charge in [0, 0.05) is 12.4 Å². The number of hydrogen-bond acceptors (Lipinski definition) is 4.